The van der Waals surface area contributed by atoms with Crippen LogP contribution in [0, 0.1) is 0 Å². The van der Waals surface area contributed by atoms with E-state index < -0.39 is 0 Å². The van der Waals surface area contributed by atoms with Crippen molar-refractivity contribution < 1.29 is 9.47 Å². The standard InChI is InChI=1S/C19H20N2O2/c1-22-16-9-5-7-14(19(16)23-2)17-18-13(10-11-20-17)12-6-3-4-8-15(12)21-18/h3-9,17,20-21H,10-11H2,1-2H3/t17-/m1/s1. The third-order valence-electron chi connectivity index (χ3n) is 4.60. The number of ether oxygens (including phenoxy) is 2. The van der Waals surface area contributed by atoms with Gasteiger partial charge in [-0.25, -0.2) is 0 Å². The summed E-state index contributed by atoms with van der Waals surface area (Å²) in [6, 6.07) is 14.6. The Kier molecular flexibility index (Phi) is 3.46. The molecule has 118 valence electrons. The number of hydrogen-bond donors (Lipinski definition) is 2. The molecule has 0 fully saturated rings. The van der Waals surface area contributed by atoms with Crippen LogP contribution in [0.25, 0.3) is 10.9 Å². The predicted molar refractivity (Wildman–Crippen MR) is 91.4 cm³/mol. The summed E-state index contributed by atoms with van der Waals surface area (Å²) in [6.07, 6.45) is 1.03. The molecule has 1 aliphatic rings. The predicted octanol–water partition coefficient (Wildman–Crippen LogP) is 3.42. The molecule has 2 aromatic carbocycles. The molecule has 0 radical (unpaired) electrons. The summed E-state index contributed by atoms with van der Waals surface area (Å²) in [5.41, 5.74) is 4.91. The SMILES string of the molecule is COc1cccc([C@H]2NCCc3c2[nH]c2ccccc32)c1OC. The van der Waals surface area contributed by atoms with E-state index in [-0.39, 0.29) is 6.04 Å². The van der Waals surface area contributed by atoms with Gasteiger partial charge >= 0.3 is 0 Å². The topological polar surface area (TPSA) is 46.3 Å². The van der Waals surface area contributed by atoms with Gasteiger partial charge in [-0.2, -0.15) is 0 Å². The Balaban J connectivity index is 1.90. The Hall–Kier alpha value is -2.46. The quantitative estimate of drug-likeness (QED) is 0.779. The molecule has 0 aliphatic carbocycles. The third kappa shape index (κ3) is 2.18. The fourth-order valence-corrected chi connectivity index (χ4v) is 3.58. The molecule has 0 unspecified atom stereocenters. The maximum atomic E-state index is 5.63. The Morgan fingerprint density at radius 1 is 1.00 bits per heavy atom. The van der Waals surface area contributed by atoms with Crippen molar-refractivity contribution in [3.8, 4) is 11.5 Å². The highest BCUT2D eigenvalue weighted by Crippen LogP contribution is 2.40. The first-order valence-corrected chi connectivity index (χ1v) is 7.87. The van der Waals surface area contributed by atoms with E-state index in [1.807, 2.05) is 12.1 Å². The number of aromatic amines is 1. The molecule has 1 aliphatic heterocycles. The molecule has 0 bridgehead atoms. The van der Waals surface area contributed by atoms with Gasteiger partial charge in [0.25, 0.3) is 0 Å². The highest BCUT2D eigenvalue weighted by Gasteiger charge is 2.28. The number of methoxy groups -OCH3 is 2. The summed E-state index contributed by atoms with van der Waals surface area (Å²) in [5.74, 6) is 1.55. The lowest BCUT2D eigenvalue weighted by atomic mass is 9.93. The van der Waals surface area contributed by atoms with Crippen LogP contribution in [0.4, 0.5) is 0 Å². The summed E-state index contributed by atoms with van der Waals surface area (Å²) in [5, 5.41) is 4.93. The van der Waals surface area contributed by atoms with Gasteiger partial charge < -0.3 is 19.8 Å². The van der Waals surface area contributed by atoms with Gasteiger partial charge in [-0.05, 0) is 24.1 Å². The first-order chi connectivity index (χ1) is 11.3. The highest BCUT2D eigenvalue weighted by atomic mass is 16.5. The van der Waals surface area contributed by atoms with Crippen molar-refractivity contribution in [3.63, 3.8) is 0 Å². The largest absolute Gasteiger partial charge is 0.493 e. The Morgan fingerprint density at radius 3 is 2.70 bits per heavy atom. The van der Waals surface area contributed by atoms with Gasteiger partial charge in [-0.1, -0.05) is 30.3 Å². The lowest BCUT2D eigenvalue weighted by molar-refractivity contribution is 0.348. The summed E-state index contributed by atoms with van der Waals surface area (Å²) >= 11 is 0. The normalized spacial score (nSPS) is 17.0. The van der Waals surface area contributed by atoms with Crippen LogP contribution in [-0.2, 0) is 6.42 Å². The first kappa shape index (κ1) is 14.2. The lowest BCUT2D eigenvalue weighted by Crippen LogP contribution is -2.30. The van der Waals surface area contributed by atoms with Crippen LogP contribution in [0.3, 0.4) is 0 Å². The average molecular weight is 308 g/mol. The highest BCUT2D eigenvalue weighted by molar-refractivity contribution is 5.85. The van der Waals surface area contributed by atoms with Gasteiger partial charge in [-0.15, -0.1) is 0 Å². The molecule has 4 heteroatoms. The maximum Gasteiger partial charge on any atom is 0.165 e. The van der Waals surface area contributed by atoms with E-state index in [9.17, 15) is 0 Å². The summed E-state index contributed by atoms with van der Waals surface area (Å²) in [7, 11) is 3.36. The fraction of sp³-hybridized carbons (Fsp3) is 0.263. The molecule has 2 N–H and O–H groups in total. The minimum absolute atomic E-state index is 0.0798. The molecule has 1 aromatic heterocycles. The maximum absolute atomic E-state index is 5.63. The van der Waals surface area contributed by atoms with Gasteiger partial charge in [0, 0.05) is 28.7 Å². The molecule has 0 saturated heterocycles. The molecule has 4 rings (SSSR count). The van der Waals surface area contributed by atoms with E-state index in [1.54, 1.807) is 14.2 Å². The van der Waals surface area contributed by atoms with Gasteiger partial charge in [0.15, 0.2) is 11.5 Å². The average Bonchev–Trinajstić information content (AvgIpc) is 2.99. The number of benzene rings is 2. The molecule has 3 aromatic rings. The molecule has 0 saturated carbocycles. The molecule has 2 heterocycles. The van der Waals surface area contributed by atoms with Gasteiger partial charge in [0.2, 0.25) is 0 Å². The fourth-order valence-electron chi connectivity index (χ4n) is 3.58. The van der Waals surface area contributed by atoms with Gasteiger partial charge in [-0.3, -0.25) is 0 Å². The zero-order valence-corrected chi connectivity index (χ0v) is 13.3. The number of hydrogen-bond acceptors (Lipinski definition) is 3. The van der Waals surface area contributed by atoms with E-state index in [2.05, 4.69) is 40.6 Å². The van der Waals surface area contributed by atoms with Gasteiger partial charge in [0.1, 0.15) is 0 Å². The molecule has 0 spiro atoms. The van der Waals surface area contributed by atoms with E-state index >= 15 is 0 Å². The molecular weight excluding hydrogens is 288 g/mol. The lowest BCUT2D eigenvalue weighted by Gasteiger charge is -2.26. The number of fused-ring (bicyclic) bond motifs is 3. The number of H-pyrrole nitrogens is 1. The first-order valence-electron chi connectivity index (χ1n) is 7.87. The number of rotatable bonds is 3. The van der Waals surface area contributed by atoms with Crippen molar-refractivity contribution in [2.75, 3.05) is 20.8 Å². The Bertz CT molecular complexity index is 854. The van der Waals surface area contributed by atoms with E-state index in [4.69, 9.17) is 9.47 Å². The molecule has 0 amide bonds. The summed E-state index contributed by atoms with van der Waals surface area (Å²) < 4.78 is 11.1. The second-order valence-corrected chi connectivity index (χ2v) is 5.78. The molecular formula is C19H20N2O2. The van der Waals surface area contributed by atoms with E-state index in [0.29, 0.717) is 0 Å². The van der Waals surface area contributed by atoms with Crippen molar-refractivity contribution >= 4 is 10.9 Å². The second-order valence-electron chi connectivity index (χ2n) is 5.78. The third-order valence-corrected chi connectivity index (χ3v) is 4.60. The minimum Gasteiger partial charge on any atom is -0.493 e. The summed E-state index contributed by atoms with van der Waals surface area (Å²) in [4.78, 5) is 3.59. The van der Waals surface area contributed by atoms with E-state index in [1.165, 1.54) is 22.2 Å². The molecule has 4 nitrogen and oxygen atoms in total. The van der Waals surface area contributed by atoms with Crippen molar-refractivity contribution in [2.24, 2.45) is 0 Å². The zero-order chi connectivity index (χ0) is 15.8. The Labute approximate surface area is 135 Å². The van der Waals surface area contributed by atoms with Crippen LogP contribution in [0.15, 0.2) is 42.5 Å². The number of para-hydroxylation sites is 2. The van der Waals surface area contributed by atoms with Crippen LogP contribution >= 0.6 is 0 Å². The van der Waals surface area contributed by atoms with Crippen molar-refractivity contribution in [1.82, 2.24) is 10.3 Å². The van der Waals surface area contributed by atoms with Crippen LogP contribution in [-0.4, -0.2) is 25.7 Å². The van der Waals surface area contributed by atoms with Crippen LogP contribution in [0.2, 0.25) is 0 Å². The Morgan fingerprint density at radius 2 is 1.87 bits per heavy atom. The van der Waals surface area contributed by atoms with Crippen molar-refractivity contribution in [3.05, 3.63) is 59.3 Å². The number of nitrogens with one attached hydrogen (secondary N) is 2. The van der Waals surface area contributed by atoms with Crippen molar-refractivity contribution in [1.29, 1.82) is 0 Å². The smallest absolute Gasteiger partial charge is 0.165 e. The molecule has 23 heavy (non-hydrogen) atoms. The number of aromatic nitrogens is 1. The van der Waals surface area contributed by atoms with E-state index in [0.717, 1.165) is 30.0 Å². The van der Waals surface area contributed by atoms with Crippen LogP contribution in [0.5, 0.6) is 11.5 Å². The summed E-state index contributed by atoms with van der Waals surface area (Å²) in [6.45, 7) is 0.944. The minimum atomic E-state index is 0.0798. The second kappa shape index (κ2) is 5.63. The molecule has 1 atom stereocenters. The van der Waals surface area contributed by atoms with Crippen molar-refractivity contribution in [2.45, 2.75) is 12.5 Å². The van der Waals surface area contributed by atoms with Crippen LogP contribution in [0.1, 0.15) is 22.9 Å². The zero-order valence-electron chi connectivity index (χ0n) is 13.3. The monoisotopic (exact) mass is 308 g/mol. The van der Waals surface area contributed by atoms with Gasteiger partial charge in [0.05, 0.1) is 20.3 Å². The van der Waals surface area contributed by atoms with Crippen LogP contribution < -0.4 is 14.8 Å².